The van der Waals surface area contributed by atoms with Gasteiger partial charge in [0.05, 0.1) is 5.52 Å². The SMILES string of the molecule is CN(Cc1cccc(OCC(O)CN(C)C2CCCCC2)c1)Cc1ccnc2ccccc12. The number of fused-ring (bicyclic) bond motifs is 1. The number of aromatic nitrogens is 1. The Morgan fingerprint density at radius 3 is 2.67 bits per heavy atom. The maximum absolute atomic E-state index is 10.5. The number of likely N-dealkylation sites (N-methyl/N-ethyl adjacent to an activating group) is 1. The van der Waals surface area contributed by atoms with Crippen LogP contribution in [0.4, 0.5) is 0 Å². The molecule has 176 valence electrons. The van der Waals surface area contributed by atoms with Crippen LogP contribution in [0.2, 0.25) is 0 Å². The Morgan fingerprint density at radius 2 is 1.82 bits per heavy atom. The average Bonchev–Trinajstić information content (AvgIpc) is 2.84. The Hall–Kier alpha value is -2.47. The quantitative estimate of drug-likeness (QED) is 0.480. The van der Waals surface area contributed by atoms with Crippen molar-refractivity contribution in [3.05, 3.63) is 71.9 Å². The molecular weight excluding hydrogens is 410 g/mol. The number of hydrogen-bond donors (Lipinski definition) is 1. The molecule has 1 aliphatic carbocycles. The van der Waals surface area contributed by atoms with Crippen LogP contribution >= 0.6 is 0 Å². The number of pyridine rings is 1. The zero-order valence-corrected chi connectivity index (χ0v) is 20.0. The van der Waals surface area contributed by atoms with E-state index in [1.165, 1.54) is 48.6 Å². The summed E-state index contributed by atoms with van der Waals surface area (Å²) in [5.74, 6) is 0.814. The fraction of sp³-hybridized carbons (Fsp3) is 0.464. The summed E-state index contributed by atoms with van der Waals surface area (Å²) in [4.78, 5) is 9.07. The summed E-state index contributed by atoms with van der Waals surface area (Å²) in [5, 5.41) is 11.7. The van der Waals surface area contributed by atoms with E-state index in [9.17, 15) is 5.11 Å². The van der Waals surface area contributed by atoms with Gasteiger partial charge in [-0.2, -0.15) is 0 Å². The Balaban J connectivity index is 1.28. The van der Waals surface area contributed by atoms with Gasteiger partial charge in [-0.3, -0.25) is 9.88 Å². The van der Waals surface area contributed by atoms with Crippen molar-refractivity contribution in [3.8, 4) is 5.75 Å². The number of ether oxygens (including phenoxy) is 1. The number of benzene rings is 2. The fourth-order valence-corrected chi connectivity index (χ4v) is 4.93. The monoisotopic (exact) mass is 447 g/mol. The predicted molar refractivity (Wildman–Crippen MR) is 134 cm³/mol. The number of rotatable bonds is 10. The van der Waals surface area contributed by atoms with Crippen molar-refractivity contribution in [1.29, 1.82) is 0 Å². The second-order valence-electron chi connectivity index (χ2n) is 9.50. The van der Waals surface area contributed by atoms with Crippen molar-refractivity contribution >= 4 is 10.9 Å². The second kappa shape index (κ2) is 11.6. The Labute approximate surface area is 198 Å². The average molecular weight is 448 g/mol. The smallest absolute Gasteiger partial charge is 0.119 e. The van der Waals surface area contributed by atoms with Crippen molar-refractivity contribution in [2.24, 2.45) is 0 Å². The molecule has 1 aliphatic rings. The summed E-state index contributed by atoms with van der Waals surface area (Å²) in [6.07, 6.45) is 7.85. The van der Waals surface area contributed by atoms with Crippen molar-refractivity contribution < 1.29 is 9.84 Å². The zero-order chi connectivity index (χ0) is 23.0. The maximum atomic E-state index is 10.5. The minimum atomic E-state index is -0.483. The fourth-order valence-electron chi connectivity index (χ4n) is 4.93. The van der Waals surface area contributed by atoms with Gasteiger partial charge < -0.3 is 14.7 Å². The lowest BCUT2D eigenvalue weighted by atomic mass is 9.94. The molecule has 1 N–H and O–H groups in total. The molecule has 1 aromatic heterocycles. The van der Waals surface area contributed by atoms with Crippen molar-refractivity contribution in [3.63, 3.8) is 0 Å². The Kier molecular flexibility index (Phi) is 8.32. The van der Waals surface area contributed by atoms with Crippen LogP contribution in [0, 0.1) is 0 Å². The minimum Gasteiger partial charge on any atom is -0.491 e. The molecule has 33 heavy (non-hydrogen) atoms. The summed E-state index contributed by atoms with van der Waals surface area (Å²) >= 11 is 0. The highest BCUT2D eigenvalue weighted by Gasteiger charge is 2.20. The van der Waals surface area contributed by atoms with Gasteiger partial charge in [0.2, 0.25) is 0 Å². The first-order valence-electron chi connectivity index (χ1n) is 12.2. The number of aliphatic hydroxyl groups is 1. The van der Waals surface area contributed by atoms with Crippen LogP contribution in [0.25, 0.3) is 10.9 Å². The van der Waals surface area contributed by atoms with Gasteiger partial charge in [0.15, 0.2) is 0 Å². The van der Waals surface area contributed by atoms with Crippen LogP contribution in [-0.4, -0.2) is 59.3 Å². The first-order chi connectivity index (χ1) is 16.1. The van der Waals surface area contributed by atoms with Gasteiger partial charge in [-0.1, -0.05) is 49.6 Å². The standard InChI is InChI=1S/C28H37N3O2/c1-30(19-23-15-16-29-28-14-7-6-13-27(23)28)18-22-9-8-12-26(17-22)33-21-25(32)20-31(2)24-10-4-3-5-11-24/h6-9,12-17,24-25,32H,3-5,10-11,18-21H2,1-2H3. The van der Waals surface area contributed by atoms with Crippen LogP contribution in [0.1, 0.15) is 43.2 Å². The third kappa shape index (κ3) is 6.76. The van der Waals surface area contributed by atoms with E-state index < -0.39 is 6.10 Å². The van der Waals surface area contributed by atoms with E-state index in [1.54, 1.807) is 0 Å². The van der Waals surface area contributed by atoms with Crippen LogP contribution in [0.15, 0.2) is 60.8 Å². The molecule has 0 bridgehead atoms. The van der Waals surface area contributed by atoms with Crippen molar-refractivity contribution in [2.75, 3.05) is 27.2 Å². The molecule has 1 saturated carbocycles. The third-order valence-corrected chi connectivity index (χ3v) is 6.67. The summed E-state index contributed by atoms with van der Waals surface area (Å²) < 4.78 is 5.95. The highest BCUT2D eigenvalue weighted by Crippen LogP contribution is 2.22. The number of nitrogens with zero attached hydrogens (tertiary/aromatic N) is 3. The molecule has 4 rings (SSSR count). The molecule has 1 unspecified atom stereocenters. The van der Waals surface area contributed by atoms with Gasteiger partial charge in [-0.05, 0) is 62.3 Å². The molecule has 0 aliphatic heterocycles. The lowest BCUT2D eigenvalue weighted by Gasteiger charge is -2.32. The lowest BCUT2D eigenvalue weighted by Crippen LogP contribution is -2.40. The first-order valence-corrected chi connectivity index (χ1v) is 12.2. The van der Waals surface area contributed by atoms with Gasteiger partial charge in [-0.15, -0.1) is 0 Å². The molecule has 3 aromatic rings. The maximum Gasteiger partial charge on any atom is 0.119 e. The Bertz CT molecular complexity index is 1010. The Morgan fingerprint density at radius 1 is 1.00 bits per heavy atom. The van der Waals surface area contributed by atoms with E-state index in [4.69, 9.17) is 4.74 Å². The van der Waals surface area contributed by atoms with E-state index in [1.807, 2.05) is 24.4 Å². The highest BCUT2D eigenvalue weighted by atomic mass is 16.5. The van der Waals surface area contributed by atoms with Gasteiger partial charge in [0.1, 0.15) is 18.5 Å². The number of para-hydroxylation sites is 1. The van der Waals surface area contributed by atoms with Crippen molar-refractivity contribution in [2.45, 2.75) is 57.3 Å². The van der Waals surface area contributed by atoms with Gasteiger partial charge in [-0.25, -0.2) is 0 Å². The van der Waals surface area contributed by atoms with E-state index >= 15 is 0 Å². The summed E-state index contributed by atoms with van der Waals surface area (Å²) in [5.41, 5.74) is 3.51. The molecule has 5 nitrogen and oxygen atoms in total. The third-order valence-electron chi connectivity index (χ3n) is 6.67. The molecule has 0 spiro atoms. The van der Waals surface area contributed by atoms with E-state index in [-0.39, 0.29) is 0 Å². The molecule has 0 amide bonds. The molecule has 0 saturated heterocycles. The summed E-state index contributed by atoms with van der Waals surface area (Å²) in [6, 6.07) is 19.2. The molecular formula is C28H37N3O2. The molecule has 1 atom stereocenters. The van der Waals surface area contributed by atoms with Crippen LogP contribution in [-0.2, 0) is 13.1 Å². The molecule has 0 radical (unpaired) electrons. The number of aliphatic hydroxyl groups excluding tert-OH is 1. The van der Waals surface area contributed by atoms with Crippen molar-refractivity contribution in [1.82, 2.24) is 14.8 Å². The van der Waals surface area contributed by atoms with E-state index in [0.29, 0.717) is 19.2 Å². The van der Waals surface area contributed by atoms with Crippen LogP contribution in [0.5, 0.6) is 5.75 Å². The molecule has 1 heterocycles. The van der Waals surface area contributed by atoms with Crippen LogP contribution < -0.4 is 4.74 Å². The van der Waals surface area contributed by atoms with E-state index in [0.717, 1.165) is 24.4 Å². The van der Waals surface area contributed by atoms with Crippen LogP contribution in [0.3, 0.4) is 0 Å². The topological polar surface area (TPSA) is 48.8 Å². The molecule has 2 aromatic carbocycles. The van der Waals surface area contributed by atoms with Gasteiger partial charge >= 0.3 is 0 Å². The summed E-state index contributed by atoms with van der Waals surface area (Å²) in [7, 11) is 4.26. The highest BCUT2D eigenvalue weighted by molar-refractivity contribution is 5.81. The molecule has 1 fully saturated rings. The first kappa shape index (κ1) is 23.7. The normalized spacial score (nSPS) is 15.9. The van der Waals surface area contributed by atoms with Gasteiger partial charge in [0.25, 0.3) is 0 Å². The number of hydrogen-bond acceptors (Lipinski definition) is 5. The zero-order valence-electron chi connectivity index (χ0n) is 20.0. The second-order valence-corrected chi connectivity index (χ2v) is 9.50. The van der Waals surface area contributed by atoms with E-state index in [2.05, 4.69) is 65.3 Å². The predicted octanol–water partition coefficient (Wildman–Crippen LogP) is 4.87. The molecule has 5 heteroatoms. The minimum absolute atomic E-state index is 0.319. The lowest BCUT2D eigenvalue weighted by molar-refractivity contribution is 0.0561. The summed E-state index contributed by atoms with van der Waals surface area (Å²) in [6.45, 7) is 2.65. The van der Waals surface area contributed by atoms with Gasteiger partial charge in [0, 0.05) is 37.3 Å². The largest absolute Gasteiger partial charge is 0.491 e.